The second kappa shape index (κ2) is 4.92. The summed E-state index contributed by atoms with van der Waals surface area (Å²) in [5.74, 6) is 0. The van der Waals surface area contributed by atoms with Crippen LogP contribution < -0.4 is 9.75 Å². The molecular formula is C8H10N2O2S2. The molecule has 2 aromatic rings. The Hall–Kier alpha value is -1.14. The van der Waals surface area contributed by atoms with Crippen LogP contribution >= 0.6 is 22.7 Å². The zero-order valence-electron chi connectivity index (χ0n) is 7.79. The number of hydrogen-bond donors (Lipinski definition) is 2. The van der Waals surface area contributed by atoms with Crippen LogP contribution in [0.25, 0.3) is 0 Å². The van der Waals surface area contributed by atoms with Gasteiger partial charge in [-0.2, -0.15) is 0 Å². The molecule has 2 rings (SSSR count). The molecule has 0 radical (unpaired) electrons. The molecule has 0 saturated heterocycles. The first-order chi connectivity index (χ1) is 6.58. The first kappa shape index (κ1) is 10.9. The van der Waals surface area contributed by atoms with Crippen molar-refractivity contribution in [1.82, 2.24) is 9.97 Å². The molecule has 76 valence electrons. The molecule has 0 fully saturated rings. The molecule has 4 nitrogen and oxygen atoms in total. The molecule has 0 aromatic carbocycles. The minimum Gasteiger partial charge on any atom is -0.319 e. The number of hydrogen-bond acceptors (Lipinski definition) is 4. The number of thiazole rings is 2. The van der Waals surface area contributed by atoms with Crippen LogP contribution in [-0.4, -0.2) is 9.97 Å². The maximum Gasteiger partial charge on any atom is 0.304 e. The first-order valence-electron chi connectivity index (χ1n) is 3.88. The fourth-order valence-corrected chi connectivity index (χ4v) is 1.79. The lowest BCUT2D eigenvalue weighted by Crippen LogP contribution is -1.88. The fourth-order valence-electron chi connectivity index (χ4n) is 0.731. The van der Waals surface area contributed by atoms with Gasteiger partial charge in [0.05, 0.1) is 0 Å². The Morgan fingerprint density at radius 2 is 1.29 bits per heavy atom. The van der Waals surface area contributed by atoms with Crippen LogP contribution in [0, 0.1) is 13.8 Å². The number of nitrogens with one attached hydrogen (secondary N) is 2. The molecule has 6 heteroatoms. The summed E-state index contributed by atoms with van der Waals surface area (Å²) in [6, 6.07) is 0. The average molecular weight is 230 g/mol. The lowest BCUT2D eigenvalue weighted by atomic mass is 10.7. The van der Waals surface area contributed by atoms with Gasteiger partial charge in [-0.3, -0.25) is 9.59 Å². The lowest BCUT2D eigenvalue weighted by molar-refractivity contribution is 1.32. The summed E-state index contributed by atoms with van der Waals surface area (Å²) in [7, 11) is 0. The molecule has 0 saturated carbocycles. The quantitative estimate of drug-likeness (QED) is 0.720. The Morgan fingerprint density at radius 3 is 1.36 bits per heavy atom. The topological polar surface area (TPSA) is 65.7 Å². The van der Waals surface area contributed by atoms with Gasteiger partial charge in [-0.1, -0.05) is 22.7 Å². The Balaban J connectivity index is 0.000000140. The highest BCUT2D eigenvalue weighted by Crippen LogP contribution is 1.94. The summed E-state index contributed by atoms with van der Waals surface area (Å²) in [4.78, 5) is 27.7. The summed E-state index contributed by atoms with van der Waals surface area (Å²) < 4.78 is 0. The number of H-pyrrole nitrogens is 2. The summed E-state index contributed by atoms with van der Waals surface area (Å²) in [6.07, 6.45) is 3.40. The molecule has 2 aromatic heterocycles. The molecule has 0 aliphatic heterocycles. The van der Waals surface area contributed by atoms with Crippen molar-refractivity contribution in [3.63, 3.8) is 0 Å². The zero-order chi connectivity index (χ0) is 10.6. The van der Waals surface area contributed by atoms with Crippen molar-refractivity contribution in [3.8, 4) is 0 Å². The van der Waals surface area contributed by atoms with Gasteiger partial charge in [-0.05, 0) is 13.8 Å². The molecule has 0 unspecified atom stereocenters. The van der Waals surface area contributed by atoms with E-state index in [0.717, 1.165) is 9.75 Å². The molecular weight excluding hydrogens is 220 g/mol. The van der Waals surface area contributed by atoms with E-state index in [1.54, 1.807) is 12.4 Å². The molecule has 0 aliphatic carbocycles. The van der Waals surface area contributed by atoms with Crippen molar-refractivity contribution in [2.75, 3.05) is 0 Å². The van der Waals surface area contributed by atoms with E-state index >= 15 is 0 Å². The van der Waals surface area contributed by atoms with Crippen LogP contribution in [0.15, 0.2) is 22.0 Å². The molecule has 2 heterocycles. The van der Waals surface area contributed by atoms with E-state index in [1.807, 2.05) is 13.8 Å². The average Bonchev–Trinajstić information content (AvgIpc) is 2.63. The fraction of sp³-hybridized carbons (Fsp3) is 0.250. The van der Waals surface area contributed by atoms with Gasteiger partial charge in [0.15, 0.2) is 0 Å². The van der Waals surface area contributed by atoms with Crippen molar-refractivity contribution in [2.45, 2.75) is 13.8 Å². The minimum absolute atomic E-state index is 0.0255. The molecule has 0 atom stereocenters. The monoisotopic (exact) mass is 230 g/mol. The molecule has 0 aliphatic rings. The number of aromatic nitrogens is 2. The van der Waals surface area contributed by atoms with Crippen LogP contribution in [0.3, 0.4) is 0 Å². The number of aryl methyl sites for hydroxylation is 2. The van der Waals surface area contributed by atoms with Crippen molar-refractivity contribution in [3.05, 3.63) is 41.5 Å². The predicted molar refractivity (Wildman–Crippen MR) is 59.4 cm³/mol. The van der Waals surface area contributed by atoms with Crippen molar-refractivity contribution < 1.29 is 0 Å². The second-order valence-electron chi connectivity index (χ2n) is 2.58. The van der Waals surface area contributed by atoms with Crippen LogP contribution in [0.4, 0.5) is 0 Å². The Bertz CT molecular complexity index is 445. The number of aromatic amines is 2. The van der Waals surface area contributed by atoms with Crippen molar-refractivity contribution in [1.29, 1.82) is 0 Å². The molecule has 14 heavy (non-hydrogen) atoms. The maximum absolute atomic E-state index is 10.3. The molecule has 0 bridgehead atoms. The highest BCUT2D eigenvalue weighted by Gasteiger charge is 1.84. The van der Waals surface area contributed by atoms with Gasteiger partial charge in [0, 0.05) is 22.1 Å². The van der Waals surface area contributed by atoms with E-state index in [1.165, 1.54) is 22.7 Å². The summed E-state index contributed by atoms with van der Waals surface area (Å²) in [5, 5.41) is 0. The van der Waals surface area contributed by atoms with Crippen LogP contribution in [0.2, 0.25) is 0 Å². The smallest absolute Gasteiger partial charge is 0.304 e. The predicted octanol–water partition coefficient (Wildman–Crippen LogP) is 1.49. The second-order valence-corrected chi connectivity index (χ2v) is 5.02. The largest absolute Gasteiger partial charge is 0.319 e. The summed E-state index contributed by atoms with van der Waals surface area (Å²) >= 11 is 2.46. The summed E-state index contributed by atoms with van der Waals surface area (Å²) in [6.45, 7) is 3.78. The van der Waals surface area contributed by atoms with Gasteiger partial charge in [-0.15, -0.1) is 0 Å². The molecule has 2 N–H and O–H groups in total. The summed E-state index contributed by atoms with van der Waals surface area (Å²) in [5.41, 5.74) is 0. The van der Waals surface area contributed by atoms with Gasteiger partial charge < -0.3 is 9.97 Å². The van der Waals surface area contributed by atoms with Gasteiger partial charge >= 0.3 is 9.75 Å². The van der Waals surface area contributed by atoms with Crippen LogP contribution in [-0.2, 0) is 0 Å². The van der Waals surface area contributed by atoms with E-state index in [0.29, 0.717) is 0 Å². The van der Waals surface area contributed by atoms with Crippen molar-refractivity contribution in [2.24, 2.45) is 0 Å². The van der Waals surface area contributed by atoms with Gasteiger partial charge in [0.25, 0.3) is 0 Å². The third-order valence-electron chi connectivity index (χ3n) is 1.29. The zero-order valence-corrected chi connectivity index (χ0v) is 9.42. The van der Waals surface area contributed by atoms with Gasteiger partial charge in [0.2, 0.25) is 0 Å². The lowest BCUT2D eigenvalue weighted by Gasteiger charge is -1.63. The molecule has 0 amide bonds. The normalized spacial score (nSPS) is 9.29. The maximum atomic E-state index is 10.3. The Morgan fingerprint density at radius 1 is 0.929 bits per heavy atom. The third-order valence-corrected chi connectivity index (χ3v) is 2.78. The Labute approximate surface area is 88.3 Å². The highest BCUT2D eigenvalue weighted by atomic mass is 32.1. The third kappa shape index (κ3) is 3.71. The van der Waals surface area contributed by atoms with E-state index < -0.39 is 0 Å². The van der Waals surface area contributed by atoms with Crippen molar-refractivity contribution >= 4 is 22.7 Å². The minimum atomic E-state index is 0.0255. The first-order valence-corrected chi connectivity index (χ1v) is 5.51. The van der Waals surface area contributed by atoms with E-state index in [2.05, 4.69) is 9.97 Å². The van der Waals surface area contributed by atoms with Crippen LogP contribution in [0.5, 0.6) is 0 Å². The number of rotatable bonds is 0. The van der Waals surface area contributed by atoms with E-state index in [4.69, 9.17) is 0 Å². The molecule has 0 spiro atoms. The van der Waals surface area contributed by atoms with Crippen LogP contribution in [0.1, 0.15) is 9.75 Å². The van der Waals surface area contributed by atoms with E-state index in [9.17, 15) is 9.59 Å². The SMILES string of the molecule is Cc1c[nH]c(=O)s1.Cc1c[nH]c(=O)s1. The standard InChI is InChI=1S/2C4H5NOS/c2*1-3-2-5-4(6)7-3/h2*2H,1H3,(H,5,6). The highest BCUT2D eigenvalue weighted by molar-refractivity contribution is 7.09. The van der Waals surface area contributed by atoms with Gasteiger partial charge in [0.1, 0.15) is 0 Å². The van der Waals surface area contributed by atoms with E-state index in [-0.39, 0.29) is 9.75 Å². The van der Waals surface area contributed by atoms with Gasteiger partial charge in [-0.25, -0.2) is 0 Å². The Kier molecular flexibility index (Phi) is 3.84.